The Hall–Kier alpha value is -1.44. The van der Waals surface area contributed by atoms with Crippen molar-refractivity contribution < 1.29 is 0 Å². The third-order valence-electron chi connectivity index (χ3n) is 5.99. The third kappa shape index (κ3) is 1.27. The molecule has 0 spiro atoms. The van der Waals surface area contributed by atoms with E-state index in [0.717, 1.165) is 0 Å². The van der Waals surface area contributed by atoms with E-state index < -0.39 is 0 Å². The SMILES string of the molecule is CC1C2CC3=C(CCC4=C3/C=C\N/C=C\C41C)N2C. The number of allylic oxidation sites excluding steroid dienone is 5. The Balaban J connectivity index is 2.04. The van der Waals surface area contributed by atoms with E-state index >= 15 is 0 Å². The van der Waals surface area contributed by atoms with Gasteiger partial charge in [-0.25, -0.2) is 0 Å². The first-order chi connectivity index (χ1) is 9.13. The van der Waals surface area contributed by atoms with Crippen molar-refractivity contribution >= 4 is 0 Å². The van der Waals surface area contributed by atoms with Crippen LogP contribution in [0.1, 0.15) is 33.1 Å². The van der Waals surface area contributed by atoms with Crippen LogP contribution in [0.5, 0.6) is 0 Å². The van der Waals surface area contributed by atoms with Crippen LogP contribution in [0.15, 0.2) is 47.0 Å². The second-order valence-electron chi connectivity index (χ2n) is 6.60. The number of rotatable bonds is 0. The fourth-order valence-corrected chi connectivity index (χ4v) is 4.64. The van der Waals surface area contributed by atoms with Gasteiger partial charge in [-0.05, 0) is 48.6 Å². The molecule has 0 aromatic heterocycles. The van der Waals surface area contributed by atoms with E-state index in [1.54, 1.807) is 16.8 Å². The third-order valence-corrected chi connectivity index (χ3v) is 5.99. The van der Waals surface area contributed by atoms with Crippen molar-refractivity contribution in [1.82, 2.24) is 10.2 Å². The predicted octanol–water partition coefficient (Wildman–Crippen LogP) is 3.32. The Morgan fingerprint density at radius 1 is 1.32 bits per heavy atom. The van der Waals surface area contributed by atoms with E-state index in [-0.39, 0.29) is 5.41 Å². The van der Waals surface area contributed by atoms with Crippen LogP contribution < -0.4 is 5.32 Å². The molecule has 4 aliphatic rings. The predicted molar refractivity (Wildman–Crippen MR) is 78.1 cm³/mol. The van der Waals surface area contributed by atoms with E-state index in [1.165, 1.54) is 24.8 Å². The van der Waals surface area contributed by atoms with E-state index in [9.17, 15) is 0 Å². The lowest BCUT2D eigenvalue weighted by atomic mass is 9.66. The summed E-state index contributed by atoms with van der Waals surface area (Å²) in [6.07, 6.45) is 12.6. The molecule has 19 heavy (non-hydrogen) atoms. The second-order valence-corrected chi connectivity index (χ2v) is 6.60. The number of hydrogen-bond donors (Lipinski definition) is 1. The standard InChI is InChI=1S/C17H22N2/c1-11-16-10-13-12-6-8-18-9-7-17(11,2)14(12)4-5-15(13)19(16)3/h6-9,11,16,18H,4-5,10H2,1-3H3/b8-6-,9-7-. The van der Waals surface area contributed by atoms with Gasteiger partial charge in [0, 0.05) is 30.4 Å². The molecular weight excluding hydrogens is 232 g/mol. The normalized spacial score (nSPS) is 42.8. The number of likely N-dealkylation sites (tertiary alicyclic amines) is 1. The molecule has 3 unspecified atom stereocenters. The van der Waals surface area contributed by atoms with Crippen LogP contribution in [0.25, 0.3) is 0 Å². The molecule has 2 aliphatic heterocycles. The molecule has 2 heteroatoms. The van der Waals surface area contributed by atoms with Gasteiger partial charge in [0.2, 0.25) is 0 Å². The van der Waals surface area contributed by atoms with Crippen LogP contribution in [0.2, 0.25) is 0 Å². The van der Waals surface area contributed by atoms with E-state index in [1.807, 2.05) is 0 Å². The van der Waals surface area contributed by atoms with Crippen molar-refractivity contribution in [2.45, 2.75) is 39.2 Å². The summed E-state index contributed by atoms with van der Waals surface area (Å²) >= 11 is 0. The minimum absolute atomic E-state index is 0.194. The van der Waals surface area contributed by atoms with Gasteiger partial charge in [0.1, 0.15) is 0 Å². The van der Waals surface area contributed by atoms with Crippen LogP contribution >= 0.6 is 0 Å². The highest BCUT2D eigenvalue weighted by Crippen LogP contribution is 2.56. The van der Waals surface area contributed by atoms with Crippen LogP contribution in [-0.2, 0) is 0 Å². The van der Waals surface area contributed by atoms with Crippen molar-refractivity contribution in [3.05, 3.63) is 47.0 Å². The first-order valence-electron chi connectivity index (χ1n) is 7.42. The highest BCUT2D eigenvalue weighted by Gasteiger charge is 2.49. The van der Waals surface area contributed by atoms with Crippen LogP contribution in [-0.4, -0.2) is 18.0 Å². The van der Waals surface area contributed by atoms with Gasteiger partial charge in [0.25, 0.3) is 0 Å². The van der Waals surface area contributed by atoms with Gasteiger partial charge in [-0.2, -0.15) is 0 Å². The monoisotopic (exact) mass is 254 g/mol. The lowest BCUT2D eigenvalue weighted by molar-refractivity contribution is 0.161. The second kappa shape index (κ2) is 3.56. The molecule has 4 rings (SSSR count). The summed E-state index contributed by atoms with van der Waals surface area (Å²) in [5, 5.41) is 3.29. The molecule has 1 N–H and O–H groups in total. The first kappa shape index (κ1) is 11.4. The summed E-state index contributed by atoms with van der Waals surface area (Å²) in [6, 6.07) is 0.666. The van der Waals surface area contributed by atoms with Crippen molar-refractivity contribution in [2.75, 3.05) is 7.05 Å². The van der Waals surface area contributed by atoms with Gasteiger partial charge in [0.05, 0.1) is 0 Å². The molecule has 2 nitrogen and oxygen atoms in total. The maximum atomic E-state index is 3.29. The average Bonchev–Trinajstić information content (AvgIpc) is 2.69. The Bertz CT molecular complexity index is 564. The van der Waals surface area contributed by atoms with Gasteiger partial charge < -0.3 is 10.2 Å². The van der Waals surface area contributed by atoms with Crippen molar-refractivity contribution in [2.24, 2.45) is 11.3 Å². The molecule has 3 atom stereocenters. The molecule has 0 aromatic carbocycles. The Morgan fingerprint density at radius 2 is 2.16 bits per heavy atom. The Labute approximate surface area is 115 Å². The van der Waals surface area contributed by atoms with Crippen LogP contribution in [0.4, 0.5) is 0 Å². The van der Waals surface area contributed by atoms with Crippen molar-refractivity contribution in [3.63, 3.8) is 0 Å². The van der Waals surface area contributed by atoms with Gasteiger partial charge in [0.15, 0.2) is 0 Å². The quantitative estimate of drug-likeness (QED) is 0.713. The van der Waals surface area contributed by atoms with Crippen molar-refractivity contribution in [1.29, 1.82) is 0 Å². The summed E-state index contributed by atoms with van der Waals surface area (Å²) in [4.78, 5) is 2.57. The highest BCUT2D eigenvalue weighted by molar-refractivity contribution is 5.56. The molecule has 0 radical (unpaired) electrons. The average molecular weight is 254 g/mol. The van der Waals surface area contributed by atoms with Crippen LogP contribution in [0.3, 0.4) is 0 Å². The van der Waals surface area contributed by atoms with Gasteiger partial charge >= 0.3 is 0 Å². The maximum Gasteiger partial charge on any atom is 0.0361 e. The first-order valence-corrected chi connectivity index (χ1v) is 7.42. The molecule has 0 saturated heterocycles. The number of fused-ring (bicyclic) bond motifs is 1. The Kier molecular flexibility index (Phi) is 2.13. The van der Waals surface area contributed by atoms with Crippen LogP contribution in [0, 0.1) is 11.3 Å². The zero-order chi connectivity index (χ0) is 13.2. The molecule has 5 bridgehead atoms. The molecule has 2 heterocycles. The summed E-state index contributed by atoms with van der Waals surface area (Å²) in [5.41, 5.74) is 6.62. The lowest BCUT2D eigenvalue weighted by Crippen LogP contribution is -2.43. The van der Waals surface area contributed by atoms with Gasteiger partial charge in [-0.15, -0.1) is 0 Å². The molecule has 0 aromatic rings. The highest BCUT2D eigenvalue weighted by atomic mass is 15.2. The van der Waals surface area contributed by atoms with Gasteiger partial charge in [-0.3, -0.25) is 0 Å². The summed E-state index contributed by atoms with van der Waals surface area (Å²) < 4.78 is 0. The molecular formula is C17H22N2. The summed E-state index contributed by atoms with van der Waals surface area (Å²) in [5.74, 6) is 0.655. The molecule has 0 saturated carbocycles. The summed E-state index contributed by atoms with van der Waals surface area (Å²) in [7, 11) is 2.30. The van der Waals surface area contributed by atoms with Crippen molar-refractivity contribution in [3.8, 4) is 0 Å². The molecule has 0 fully saturated rings. The molecule has 0 amide bonds. The number of hydrogen-bond acceptors (Lipinski definition) is 2. The minimum Gasteiger partial charge on any atom is -0.374 e. The van der Waals surface area contributed by atoms with E-state index in [4.69, 9.17) is 0 Å². The van der Waals surface area contributed by atoms with E-state index in [2.05, 4.69) is 55.7 Å². The topological polar surface area (TPSA) is 15.3 Å². The smallest absolute Gasteiger partial charge is 0.0361 e. The fourth-order valence-electron chi connectivity index (χ4n) is 4.64. The largest absolute Gasteiger partial charge is 0.374 e. The number of nitrogens with one attached hydrogen (secondary N) is 1. The Morgan fingerprint density at radius 3 is 3.00 bits per heavy atom. The minimum atomic E-state index is 0.194. The maximum absolute atomic E-state index is 3.29. The lowest BCUT2D eigenvalue weighted by Gasteiger charge is -2.45. The van der Waals surface area contributed by atoms with E-state index in [0.29, 0.717) is 12.0 Å². The summed E-state index contributed by atoms with van der Waals surface area (Å²) in [6.45, 7) is 4.87. The number of nitrogens with zero attached hydrogens (tertiary/aromatic N) is 1. The zero-order valence-corrected chi connectivity index (χ0v) is 12.0. The zero-order valence-electron chi connectivity index (χ0n) is 12.0. The van der Waals surface area contributed by atoms with Gasteiger partial charge in [-0.1, -0.05) is 25.5 Å². The fraction of sp³-hybridized carbons (Fsp3) is 0.529. The molecule has 2 aliphatic carbocycles. The molecule has 100 valence electrons.